The van der Waals surface area contributed by atoms with Crippen molar-refractivity contribution in [3.63, 3.8) is 0 Å². The zero-order chi connectivity index (χ0) is 15.2. The fraction of sp³-hybridized carbons (Fsp3) is 0.667. The first-order chi connectivity index (χ1) is 9.38. The number of benzene rings is 1. The van der Waals surface area contributed by atoms with Gasteiger partial charge in [0.2, 0.25) is 0 Å². The normalized spacial score (nSPS) is 13.3. The quantitative estimate of drug-likeness (QED) is 0.795. The number of rotatable bonds is 7. The van der Waals surface area contributed by atoms with Crippen molar-refractivity contribution in [1.82, 2.24) is 5.32 Å². The Bertz CT molecular complexity index is 400. The molecule has 1 atom stereocenters. The highest BCUT2D eigenvalue weighted by atomic mass is 16.5. The van der Waals surface area contributed by atoms with E-state index in [0.29, 0.717) is 6.04 Å². The first-order valence-electron chi connectivity index (χ1n) is 7.85. The van der Waals surface area contributed by atoms with Crippen molar-refractivity contribution in [3.8, 4) is 5.75 Å². The average Bonchev–Trinajstić information content (AvgIpc) is 2.36. The standard InChI is InChI=1S/C18H31NO/c1-7-9-16(19-8-2)13-20-17-11-10-15(12-14(17)3)18(4,5)6/h10-12,16,19H,7-9,13H2,1-6H3. The number of likely N-dealkylation sites (N-methyl/N-ethyl adjacent to an activating group) is 1. The molecule has 0 radical (unpaired) electrons. The Morgan fingerprint density at radius 2 is 1.90 bits per heavy atom. The topological polar surface area (TPSA) is 21.3 Å². The van der Waals surface area contributed by atoms with Gasteiger partial charge in [-0.25, -0.2) is 0 Å². The van der Waals surface area contributed by atoms with Crippen LogP contribution in [0.25, 0.3) is 0 Å². The molecule has 2 nitrogen and oxygen atoms in total. The number of ether oxygens (including phenoxy) is 1. The smallest absolute Gasteiger partial charge is 0.122 e. The van der Waals surface area contributed by atoms with Crippen LogP contribution in [-0.2, 0) is 5.41 Å². The predicted octanol–water partition coefficient (Wildman–Crippen LogP) is 4.45. The Hall–Kier alpha value is -1.02. The molecular formula is C18H31NO. The van der Waals surface area contributed by atoms with Crippen molar-refractivity contribution < 1.29 is 4.74 Å². The Labute approximate surface area is 124 Å². The van der Waals surface area contributed by atoms with Crippen LogP contribution in [0, 0.1) is 6.92 Å². The molecule has 0 aromatic heterocycles. The highest BCUT2D eigenvalue weighted by Gasteiger charge is 2.15. The summed E-state index contributed by atoms with van der Waals surface area (Å²) in [5.74, 6) is 1.01. The van der Waals surface area contributed by atoms with Gasteiger partial charge in [-0.2, -0.15) is 0 Å². The summed E-state index contributed by atoms with van der Waals surface area (Å²) in [6.07, 6.45) is 2.34. The van der Waals surface area contributed by atoms with E-state index in [9.17, 15) is 0 Å². The Kier molecular flexibility index (Phi) is 6.54. The molecule has 0 saturated carbocycles. The maximum atomic E-state index is 6.01. The van der Waals surface area contributed by atoms with E-state index < -0.39 is 0 Å². The van der Waals surface area contributed by atoms with Crippen LogP contribution in [0.1, 0.15) is 58.6 Å². The van der Waals surface area contributed by atoms with E-state index in [1.54, 1.807) is 0 Å². The number of aryl methyl sites for hydroxylation is 1. The predicted molar refractivity (Wildman–Crippen MR) is 87.7 cm³/mol. The molecule has 1 aromatic rings. The molecule has 20 heavy (non-hydrogen) atoms. The molecule has 0 aliphatic carbocycles. The average molecular weight is 277 g/mol. The van der Waals surface area contributed by atoms with Gasteiger partial charge in [-0.05, 0) is 42.5 Å². The molecule has 1 aromatic carbocycles. The van der Waals surface area contributed by atoms with Gasteiger partial charge in [0.25, 0.3) is 0 Å². The summed E-state index contributed by atoms with van der Waals surface area (Å²) in [5, 5.41) is 3.48. The first-order valence-corrected chi connectivity index (χ1v) is 7.85. The molecule has 0 spiro atoms. The summed E-state index contributed by atoms with van der Waals surface area (Å²) in [4.78, 5) is 0. The minimum absolute atomic E-state index is 0.192. The summed E-state index contributed by atoms with van der Waals surface area (Å²) >= 11 is 0. The van der Waals surface area contributed by atoms with Gasteiger partial charge >= 0.3 is 0 Å². The van der Waals surface area contributed by atoms with Crippen LogP contribution < -0.4 is 10.1 Å². The summed E-state index contributed by atoms with van der Waals surface area (Å²) in [7, 11) is 0. The van der Waals surface area contributed by atoms with Gasteiger partial charge in [0.05, 0.1) is 0 Å². The van der Waals surface area contributed by atoms with Crippen molar-refractivity contribution in [2.45, 2.75) is 65.8 Å². The Morgan fingerprint density at radius 3 is 2.40 bits per heavy atom. The third-order valence-corrected chi connectivity index (χ3v) is 3.61. The first kappa shape index (κ1) is 17.0. The van der Waals surface area contributed by atoms with Crippen molar-refractivity contribution in [3.05, 3.63) is 29.3 Å². The molecule has 0 aliphatic rings. The molecular weight excluding hydrogens is 246 g/mol. The SMILES string of the molecule is CCCC(COc1ccc(C(C)(C)C)cc1C)NCC. The van der Waals surface area contributed by atoms with Gasteiger partial charge in [0.1, 0.15) is 12.4 Å². The van der Waals surface area contributed by atoms with Gasteiger partial charge < -0.3 is 10.1 Å². The van der Waals surface area contributed by atoms with E-state index >= 15 is 0 Å². The zero-order valence-electron chi connectivity index (χ0n) is 14.0. The van der Waals surface area contributed by atoms with Crippen LogP contribution >= 0.6 is 0 Å². The van der Waals surface area contributed by atoms with E-state index in [0.717, 1.165) is 25.3 Å². The third kappa shape index (κ3) is 5.16. The summed E-state index contributed by atoms with van der Waals surface area (Å²) in [6.45, 7) is 15.0. The maximum absolute atomic E-state index is 6.01. The van der Waals surface area contributed by atoms with E-state index in [4.69, 9.17) is 4.74 Å². The Balaban J connectivity index is 2.68. The highest BCUT2D eigenvalue weighted by Crippen LogP contribution is 2.27. The second kappa shape index (κ2) is 7.68. The van der Waals surface area contributed by atoms with Crippen molar-refractivity contribution in [2.75, 3.05) is 13.2 Å². The molecule has 0 saturated heterocycles. The van der Waals surface area contributed by atoms with Gasteiger partial charge in [0.15, 0.2) is 0 Å². The lowest BCUT2D eigenvalue weighted by Gasteiger charge is -2.22. The molecule has 1 unspecified atom stereocenters. The van der Waals surface area contributed by atoms with Crippen LogP contribution in [0.15, 0.2) is 18.2 Å². The zero-order valence-corrected chi connectivity index (χ0v) is 14.0. The summed E-state index contributed by atoms with van der Waals surface area (Å²) < 4.78 is 6.01. The molecule has 114 valence electrons. The fourth-order valence-electron chi connectivity index (χ4n) is 2.35. The molecule has 0 aliphatic heterocycles. The molecule has 0 amide bonds. The van der Waals surface area contributed by atoms with Gasteiger partial charge in [-0.15, -0.1) is 0 Å². The molecule has 0 fully saturated rings. The van der Waals surface area contributed by atoms with Gasteiger partial charge in [-0.3, -0.25) is 0 Å². The lowest BCUT2D eigenvalue weighted by molar-refractivity contribution is 0.256. The van der Waals surface area contributed by atoms with E-state index in [1.165, 1.54) is 17.5 Å². The molecule has 2 heteroatoms. The number of hydrogen-bond acceptors (Lipinski definition) is 2. The van der Waals surface area contributed by atoms with Crippen LogP contribution in [-0.4, -0.2) is 19.2 Å². The van der Waals surface area contributed by atoms with E-state index in [1.807, 2.05) is 0 Å². The molecule has 0 heterocycles. The third-order valence-electron chi connectivity index (χ3n) is 3.61. The van der Waals surface area contributed by atoms with Gasteiger partial charge in [0, 0.05) is 6.04 Å². The van der Waals surface area contributed by atoms with Crippen LogP contribution in [0.2, 0.25) is 0 Å². The van der Waals surface area contributed by atoms with Crippen molar-refractivity contribution in [2.24, 2.45) is 0 Å². The number of nitrogens with one attached hydrogen (secondary N) is 1. The van der Waals surface area contributed by atoms with Gasteiger partial charge in [-0.1, -0.05) is 53.2 Å². The largest absolute Gasteiger partial charge is 0.492 e. The molecule has 1 rings (SSSR count). The van der Waals surface area contributed by atoms with Crippen molar-refractivity contribution >= 4 is 0 Å². The minimum atomic E-state index is 0.192. The van der Waals surface area contributed by atoms with Crippen molar-refractivity contribution in [1.29, 1.82) is 0 Å². The maximum Gasteiger partial charge on any atom is 0.122 e. The van der Waals surface area contributed by atoms with Crippen LogP contribution in [0.5, 0.6) is 5.75 Å². The lowest BCUT2D eigenvalue weighted by atomic mass is 9.86. The highest BCUT2D eigenvalue weighted by molar-refractivity contribution is 5.38. The van der Waals surface area contributed by atoms with E-state index in [-0.39, 0.29) is 5.41 Å². The lowest BCUT2D eigenvalue weighted by Crippen LogP contribution is -2.34. The second-order valence-corrected chi connectivity index (χ2v) is 6.58. The number of hydrogen-bond donors (Lipinski definition) is 1. The second-order valence-electron chi connectivity index (χ2n) is 6.58. The summed E-state index contributed by atoms with van der Waals surface area (Å²) in [6, 6.07) is 7.00. The molecule has 0 bridgehead atoms. The minimum Gasteiger partial charge on any atom is -0.492 e. The molecule has 1 N–H and O–H groups in total. The van der Waals surface area contributed by atoms with Crippen LogP contribution in [0.3, 0.4) is 0 Å². The van der Waals surface area contributed by atoms with E-state index in [2.05, 4.69) is 65.1 Å². The summed E-state index contributed by atoms with van der Waals surface area (Å²) in [5.41, 5.74) is 2.78. The Morgan fingerprint density at radius 1 is 1.20 bits per heavy atom. The monoisotopic (exact) mass is 277 g/mol. The fourth-order valence-corrected chi connectivity index (χ4v) is 2.35. The van der Waals surface area contributed by atoms with Crippen LogP contribution in [0.4, 0.5) is 0 Å².